The number of fused-ring (bicyclic) bond motifs is 1. The zero-order chi connectivity index (χ0) is 20.4. The first kappa shape index (κ1) is 18.8. The molecule has 1 amide bonds. The molecule has 28 heavy (non-hydrogen) atoms. The maximum absolute atomic E-state index is 14.0. The van der Waals surface area contributed by atoms with Gasteiger partial charge in [-0.2, -0.15) is 5.26 Å². The number of carbonyl (C=O) groups is 1. The van der Waals surface area contributed by atoms with Crippen LogP contribution in [0.3, 0.4) is 0 Å². The smallest absolute Gasteiger partial charge is 0.329 e. The Morgan fingerprint density at radius 3 is 2.64 bits per heavy atom. The summed E-state index contributed by atoms with van der Waals surface area (Å²) in [5.41, 5.74) is -2.01. The van der Waals surface area contributed by atoms with Crippen molar-refractivity contribution < 1.29 is 13.6 Å². The van der Waals surface area contributed by atoms with Crippen molar-refractivity contribution in [3.05, 3.63) is 68.4 Å². The van der Waals surface area contributed by atoms with Gasteiger partial charge in [-0.1, -0.05) is 0 Å². The SMILES string of the molecule is C[C@@H](NC(=O)Cn1c(=O)[nH]c2ccc(F)c(F)c2c1=O)c1ncc(C#N)cn1. The van der Waals surface area contributed by atoms with Gasteiger partial charge in [0.1, 0.15) is 23.8 Å². The van der Waals surface area contributed by atoms with Crippen LogP contribution in [-0.4, -0.2) is 25.4 Å². The summed E-state index contributed by atoms with van der Waals surface area (Å²) in [5, 5.41) is 10.6. The summed E-state index contributed by atoms with van der Waals surface area (Å²) in [6, 6.07) is 3.01. The van der Waals surface area contributed by atoms with E-state index < -0.39 is 46.8 Å². The van der Waals surface area contributed by atoms with Crippen LogP contribution >= 0.6 is 0 Å². The first-order valence-corrected chi connectivity index (χ1v) is 7.94. The predicted octanol–water partition coefficient (Wildman–Crippen LogP) is 0.507. The van der Waals surface area contributed by atoms with E-state index in [9.17, 15) is 23.2 Å². The zero-order valence-corrected chi connectivity index (χ0v) is 14.4. The lowest BCUT2D eigenvalue weighted by molar-refractivity contribution is -0.122. The third-order valence-corrected chi connectivity index (χ3v) is 3.91. The number of nitrogens with one attached hydrogen (secondary N) is 2. The topological polar surface area (TPSA) is 134 Å². The maximum Gasteiger partial charge on any atom is 0.329 e. The van der Waals surface area contributed by atoms with Crippen molar-refractivity contribution in [2.75, 3.05) is 0 Å². The standard InChI is InChI=1S/C17H12F2N6O3/c1-8(15-21-5-9(4-20)6-22-15)23-12(26)7-25-16(27)13-11(24-17(25)28)3-2-10(18)14(13)19/h2-3,5-6,8H,7H2,1H3,(H,23,26)(H,24,28)/t8-/m1/s1. The van der Waals surface area contributed by atoms with Gasteiger partial charge in [-0.15, -0.1) is 0 Å². The van der Waals surface area contributed by atoms with Crippen molar-refractivity contribution in [2.24, 2.45) is 0 Å². The van der Waals surface area contributed by atoms with E-state index in [-0.39, 0.29) is 16.9 Å². The van der Waals surface area contributed by atoms with E-state index in [0.717, 1.165) is 12.1 Å². The minimum Gasteiger partial charge on any atom is -0.345 e. The Morgan fingerprint density at radius 1 is 1.32 bits per heavy atom. The van der Waals surface area contributed by atoms with Gasteiger partial charge in [-0.25, -0.2) is 23.5 Å². The highest BCUT2D eigenvalue weighted by atomic mass is 19.2. The number of hydrogen-bond donors (Lipinski definition) is 2. The fourth-order valence-electron chi connectivity index (χ4n) is 2.53. The van der Waals surface area contributed by atoms with Crippen molar-refractivity contribution in [1.29, 1.82) is 5.26 Å². The number of H-pyrrole nitrogens is 1. The Bertz CT molecular complexity index is 1230. The lowest BCUT2D eigenvalue weighted by Crippen LogP contribution is -2.41. The van der Waals surface area contributed by atoms with E-state index in [2.05, 4.69) is 20.3 Å². The highest BCUT2D eigenvalue weighted by molar-refractivity contribution is 5.79. The molecule has 142 valence electrons. The van der Waals surface area contributed by atoms with Gasteiger partial charge in [0.15, 0.2) is 11.6 Å². The monoisotopic (exact) mass is 386 g/mol. The van der Waals surface area contributed by atoms with Crippen molar-refractivity contribution >= 4 is 16.8 Å². The van der Waals surface area contributed by atoms with Crippen molar-refractivity contribution in [2.45, 2.75) is 19.5 Å². The van der Waals surface area contributed by atoms with E-state index >= 15 is 0 Å². The van der Waals surface area contributed by atoms with Gasteiger partial charge in [0.05, 0.1) is 17.1 Å². The predicted molar refractivity (Wildman–Crippen MR) is 92.0 cm³/mol. The number of nitriles is 1. The van der Waals surface area contributed by atoms with Crippen LogP contribution in [-0.2, 0) is 11.3 Å². The summed E-state index contributed by atoms with van der Waals surface area (Å²) in [6.07, 6.45) is 2.56. The van der Waals surface area contributed by atoms with E-state index in [1.165, 1.54) is 12.4 Å². The number of benzene rings is 1. The molecule has 2 aromatic heterocycles. The first-order valence-electron chi connectivity index (χ1n) is 7.94. The van der Waals surface area contributed by atoms with Gasteiger partial charge >= 0.3 is 5.69 Å². The average molecular weight is 386 g/mol. The van der Waals surface area contributed by atoms with E-state index in [4.69, 9.17) is 5.26 Å². The van der Waals surface area contributed by atoms with Gasteiger partial charge < -0.3 is 10.3 Å². The van der Waals surface area contributed by atoms with Crippen molar-refractivity contribution in [3.8, 4) is 6.07 Å². The third kappa shape index (κ3) is 3.48. The number of aromatic nitrogens is 4. The Hall–Kier alpha value is -3.94. The van der Waals surface area contributed by atoms with Crippen LogP contribution in [0.1, 0.15) is 24.4 Å². The van der Waals surface area contributed by atoms with Crippen LogP contribution in [0.15, 0.2) is 34.1 Å². The molecule has 1 aromatic carbocycles. The third-order valence-electron chi connectivity index (χ3n) is 3.91. The van der Waals surface area contributed by atoms with Crippen LogP contribution < -0.4 is 16.6 Å². The van der Waals surface area contributed by atoms with E-state index in [0.29, 0.717) is 4.57 Å². The van der Waals surface area contributed by atoms with E-state index in [1.54, 1.807) is 6.92 Å². The van der Waals surface area contributed by atoms with Crippen LogP contribution in [0, 0.1) is 23.0 Å². The fourth-order valence-corrected chi connectivity index (χ4v) is 2.53. The maximum atomic E-state index is 14.0. The summed E-state index contributed by atoms with van der Waals surface area (Å²) in [7, 11) is 0. The number of nitrogens with zero attached hydrogens (tertiary/aromatic N) is 4. The molecule has 0 aliphatic heterocycles. The zero-order valence-electron chi connectivity index (χ0n) is 14.4. The van der Waals surface area contributed by atoms with E-state index in [1.807, 2.05) is 6.07 Å². The number of aromatic amines is 1. The molecule has 0 spiro atoms. The lowest BCUT2D eigenvalue weighted by Gasteiger charge is -2.13. The molecule has 0 aliphatic rings. The van der Waals surface area contributed by atoms with Gasteiger partial charge in [-0.3, -0.25) is 14.2 Å². The van der Waals surface area contributed by atoms with Gasteiger partial charge in [0.25, 0.3) is 5.56 Å². The summed E-state index contributed by atoms with van der Waals surface area (Å²) in [6.45, 7) is 0.836. The molecule has 2 N–H and O–H groups in total. The molecule has 1 atom stereocenters. The highest BCUT2D eigenvalue weighted by Gasteiger charge is 2.18. The molecule has 3 aromatic rings. The molecule has 0 saturated carbocycles. The molecule has 0 saturated heterocycles. The minimum absolute atomic E-state index is 0.176. The van der Waals surface area contributed by atoms with Crippen molar-refractivity contribution in [1.82, 2.24) is 24.8 Å². The number of amides is 1. The van der Waals surface area contributed by atoms with Crippen LogP contribution in [0.5, 0.6) is 0 Å². The van der Waals surface area contributed by atoms with Gasteiger partial charge in [-0.05, 0) is 19.1 Å². The highest BCUT2D eigenvalue weighted by Crippen LogP contribution is 2.14. The summed E-state index contributed by atoms with van der Waals surface area (Å²) in [4.78, 5) is 46.8. The number of halogens is 2. The molecule has 0 aliphatic carbocycles. The Morgan fingerprint density at radius 2 is 2.00 bits per heavy atom. The second-order valence-corrected chi connectivity index (χ2v) is 5.84. The molecular weight excluding hydrogens is 374 g/mol. The molecule has 9 nitrogen and oxygen atoms in total. The molecule has 0 unspecified atom stereocenters. The minimum atomic E-state index is -1.41. The molecule has 0 fully saturated rings. The molecule has 0 radical (unpaired) electrons. The second-order valence-electron chi connectivity index (χ2n) is 5.84. The summed E-state index contributed by atoms with van der Waals surface area (Å²) >= 11 is 0. The lowest BCUT2D eigenvalue weighted by atomic mass is 10.2. The quantitative estimate of drug-likeness (QED) is 0.671. The van der Waals surface area contributed by atoms with Crippen LogP contribution in [0.4, 0.5) is 8.78 Å². The normalized spacial score (nSPS) is 11.8. The molecule has 3 rings (SSSR count). The number of rotatable bonds is 4. The van der Waals surface area contributed by atoms with Gasteiger partial charge in [0.2, 0.25) is 5.91 Å². The second kappa shape index (κ2) is 7.36. The van der Waals surface area contributed by atoms with Crippen molar-refractivity contribution in [3.63, 3.8) is 0 Å². The first-order chi connectivity index (χ1) is 13.3. The Kier molecular flexibility index (Phi) is 4.95. The molecular formula is C17H12F2N6O3. The van der Waals surface area contributed by atoms with Crippen LogP contribution in [0.2, 0.25) is 0 Å². The molecule has 0 bridgehead atoms. The fraction of sp³-hybridized carbons (Fsp3) is 0.176. The van der Waals surface area contributed by atoms with Gasteiger partial charge in [0, 0.05) is 12.4 Å². The van der Waals surface area contributed by atoms with Crippen LogP contribution in [0.25, 0.3) is 10.9 Å². The number of hydrogen-bond acceptors (Lipinski definition) is 6. The number of carbonyl (C=O) groups excluding carboxylic acids is 1. The largest absolute Gasteiger partial charge is 0.345 e. The summed E-state index contributed by atoms with van der Waals surface area (Å²) in [5.74, 6) is -3.20. The summed E-state index contributed by atoms with van der Waals surface area (Å²) < 4.78 is 27.8. The Balaban J connectivity index is 1.86. The Labute approximate surface area is 155 Å². The molecule has 11 heteroatoms. The average Bonchev–Trinajstić information content (AvgIpc) is 2.68. The molecule has 2 heterocycles.